The number of carbonyl (C=O) groups excluding carboxylic acids is 2. The molecule has 0 aliphatic rings. The van der Waals surface area contributed by atoms with Gasteiger partial charge in [-0.15, -0.1) is 0 Å². The van der Waals surface area contributed by atoms with Gasteiger partial charge in [0.25, 0.3) is 0 Å². The number of esters is 1. The lowest BCUT2D eigenvalue weighted by Crippen LogP contribution is -2.11. The number of hydrogen-bond donors (Lipinski definition) is 0. The second kappa shape index (κ2) is 6.78. The first kappa shape index (κ1) is 16.6. The summed E-state index contributed by atoms with van der Waals surface area (Å²) in [4.78, 5) is 22.8. The molecule has 1 aromatic rings. The molecule has 0 heterocycles. The van der Waals surface area contributed by atoms with E-state index in [0.29, 0.717) is 0 Å². The van der Waals surface area contributed by atoms with E-state index in [4.69, 9.17) is 4.74 Å². The lowest BCUT2D eigenvalue weighted by molar-refractivity contribution is -0.0322. The highest BCUT2D eigenvalue weighted by Crippen LogP contribution is 2.32. The molecule has 0 aromatic heterocycles. The van der Waals surface area contributed by atoms with Gasteiger partial charge >= 0.3 is 11.5 Å². The van der Waals surface area contributed by atoms with Gasteiger partial charge in [0.2, 0.25) is 5.12 Å². The largest absolute Gasteiger partial charge is 0.462 e. The SMILES string of the molecule is CC(C)COC(=O)c1ccc(C(=O)SC(F)(F)F)cc1. The quantitative estimate of drug-likeness (QED) is 0.792. The lowest BCUT2D eigenvalue weighted by Gasteiger charge is -2.08. The van der Waals surface area contributed by atoms with Gasteiger partial charge in [0.1, 0.15) is 0 Å². The van der Waals surface area contributed by atoms with Crippen molar-refractivity contribution in [1.29, 1.82) is 0 Å². The fourth-order valence-electron chi connectivity index (χ4n) is 1.23. The third-order valence-electron chi connectivity index (χ3n) is 2.11. The molecule has 1 rings (SSSR count). The van der Waals surface area contributed by atoms with Crippen molar-refractivity contribution in [2.45, 2.75) is 19.4 Å². The summed E-state index contributed by atoms with van der Waals surface area (Å²) in [5, 5.41) is -1.11. The number of benzene rings is 1. The Bertz CT molecular complexity index is 481. The minimum absolute atomic E-state index is 0.118. The zero-order valence-corrected chi connectivity index (χ0v) is 11.7. The van der Waals surface area contributed by atoms with Crippen LogP contribution in [0.3, 0.4) is 0 Å². The predicted molar refractivity (Wildman–Crippen MR) is 69.5 cm³/mol. The van der Waals surface area contributed by atoms with Crippen LogP contribution in [0.1, 0.15) is 34.6 Å². The van der Waals surface area contributed by atoms with Crippen LogP contribution in [0, 0.1) is 5.92 Å². The van der Waals surface area contributed by atoms with Gasteiger partial charge in [-0.3, -0.25) is 4.79 Å². The van der Waals surface area contributed by atoms with Crippen LogP contribution in [0.2, 0.25) is 0 Å². The second-order valence-corrected chi connectivity index (χ2v) is 5.44. The van der Waals surface area contributed by atoms with Crippen molar-refractivity contribution in [3.63, 3.8) is 0 Å². The first-order valence-corrected chi connectivity index (χ1v) is 6.58. The average molecular weight is 306 g/mol. The summed E-state index contributed by atoms with van der Waals surface area (Å²) in [6, 6.07) is 4.89. The van der Waals surface area contributed by atoms with Gasteiger partial charge in [-0.1, -0.05) is 13.8 Å². The number of halogens is 3. The van der Waals surface area contributed by atoms with E-state index < -0.39 is 28.4 Å². The van der Waals surface area contributed by atoms with Gasteiger partial charge in [-0.05, 0) is 30.2 Å². The highest BCUT2D eigenvalue weighted by molar-refractivity contribution is 8.14. The molecule has 0 saturated heterocycles. The van der Waals surface area contributed by atoms with Crippen molar-refractivity contribution in [1.82, 2.24) is 0 Å². The molecule has 110 valence electrons. The molecule has 0 radical (unpaired) electrons. The second-order valence-electron chi connectivity index (χ2n) is 4.40. The molecule has 0 N–H and O–H groups in total. The maximum atomic E-state index is 12.0. The van der Waals surface area contributed by atoms with Gasteiger partial charge in [0.15, 0.2) is 0 Å². The van der Waals surface area contributed by atoms with Crippen LogP contribution in [0.15, 0.2) is 24.3 Å². The summed E-state index contributed by atoms with van der Waals surface area (Å²) in [7, 11) is 0. The molecular weight excluding hydrogens is 293 g/mol. The number of thioether (sulfide) groups is 1. The zero-order valence-electron chi connectivity index (χ0n) is 10.9. The fraction of sp³-hybridized carbons (Fsp3) is 0.385. The Morgan fingerprint density at radius 2 is 1.65 bits per heavy atom. The normalized spacial score (nSPS) is 11.5. The Morgan fingerprint density at radius 1 is 1.15 bits per heavy atom. The fourth-order valence-corrected chi connectivity index (χ4v) is 1.70. The van der Waals surface area contributed by atoms with Gasteiger partial charge in [-0.2, -0.15) is 13.2 Å². The van der Waals surface area contributed by atoms with Crippen molar-refractivity contribution in [3.8, 4) is 0 Å². The van der Waals surface area contributed by atoms with Crippen molar-refractivity contribution in [2.24, 2.45) is 5.92 Å². The van der Waals surface area contributed by atoms with Crippen molar-refractivity contribution in [3.05, 3.63) is 35.4 Å². The molecule has 0 aliphatic heterocycles. The van der Waals surface area contributed by atoms with Crippen LogP contribution in [-0.2, 0) is 4.74 Å². The van der Waals surface area contributed by atoms with E-state index in [-0.39, 0.29) is 23.7 Å². The van der Waals surface area contributed by atoms with E-state index in [2.05, 4.69) is 0 Å². The van der Waals surface area contributed by atoms with Gasteiger partial charge in [-0.25, -0.2) is 4.79 Å². The minimum Gasteiger partial charge on any atom is -0.462 e. The zero-order chi connectivity index (χ0) is 15.3. The average Bonchev–Trinajstić information content (AvgIpc) is 2.34. The van der Waals surface area contributed by atoms with Crippen LogP contribution >= 0.6 is 11.8 Å². The monoisotopic (exact) mass is 306 g/mol. The Balaban J connectivity index is 2.69. The van der Waals surface area contributed by atoms with Gasteiger partial charge < -0.3 is 4.74 Å². The Kier molecular flexibility index (Phi) is 5.62. The third-order valence-corrected chi connectivity index (χ3v) is 2.77. The molecule has 7 heteroatoms. The van der Waals surface area contributed by atoms with Gasteiger partial charge in [0, 0.05) is 17.3 Å². The highest BCUT2D eigenvalue weighted by atomic mass is 32.2. The molecule has 0 aliphatic carbocycles. The standard InChI is InChI=1S/C13H13F3O3S/c1-8(2)7-19-11(17)9-3-5-10(6-4-9)12(18)20-13(14,15)16/h3-6,8H,7H2,1-2H3. The van der Waals surface area contributed by atoms with Gasteiger partial charge in [0.05, 0.1) is 12.2 Å². The summed E-state index contributed by atoms with van der Waals surface area (Å²) >= 11 is -0.717. The van der Waals surface area contributed by atoms with Crippen molar-refractivity contribution in [2.75, 3.05) is 6.61 Å². The van der Waals surface area contributed by atoms with Crippen LogP contribution in [-0.4, -0.2) is 23.2 Å². The predicted octanol–water partition coefficient (Wildman–Crippen LogP) is 3.89. The molecule has 0 spiro atoms. The number of alkyl halides is 3. The van der Waals surface area contributed by atoms with Crippen LogP contribution < -0.4 is 0 Å². The first-order chi connectivity index (χ1) is 9.19. The molecule has 0 fully saturated rings. The van der Waals surface area contributed by atoms with E-state index in [1.54, 1.807) is 0 Å². The molecule has 0 bridgehead atoms. The molecule has 3 nitrogen and oxygen atoms in total. The minimum atomic E-state index is -4.62. The number of rotatable bonds is 4. The Hall–Kier alpha value is -1.50. The van der Waals surface area contributed by atoms with E-state index in [0.717, 1.165) is 0 Å². The highest BCUT2D eigenvalue weighted by Gasteiger charge is 2.33. The van der Waals surface area contributed by atoms with E-state index >= 15 is 0 Å². The Labute approximate surface area is 118 Å². The lowest BCUT2D eigenvalue weighted by atomic mass is 10.1. The summed E-state index contributed by atoms with van der Waals surface area (Å²) in [6.07, 6.45) is 0. The van der Waals surface area contributed by atoms with E-state index in [1.165, 1.54) is 24.3 Å². The number of hydrogen-bond acceptors (Lipinski definition) is 4. The summed E-state index contributed by atoms with van der Waals surface area (Å²) in [5.74, 6) is -0.385. The summed E-state index contributed by atoms with van der Waals surface area (Å²) in [6.45, 7) is 4.01. The smallest absolute Gasteiger partial charge is 0.449 e. The molecule has 20 heavy (non-hydrogen) atoms. The summed E-state index contributed by atoms with van der Waals surface area (Å²) in [5.41, 5.74) is -4.54. The maximum absolute atomic E-state index is 12.0. The topological polar surface area (TPSA) is 43.4 Å². The molecule has 0 unspecified atom stereocenters. The van der Waals surface area contributed by atoms with E-state index in [9.17, 15) is 22.8 Å². The summed E-state index contributed by atoms with van der Waals surface area (Å²) < 4.78 is 41.1. The molecule has 1 aromatic carbocycles. The molecule has 0 amide bonds. The number of ether oxygens (including phenoxy) is 1. The van der Waals surface area contributed by atoms with Crippen LogP contribution in [0.4, 0.5) is 13.2 Å². The Morgan fingerprint density at radius 3 is 2.10 bits per heavy atom. The maximum Gasteiger partial charge on any atom is 0.449 e. The molecule has 0 saturated carbocycles. The van der Waals surface area contributed by atoms with E-state index in [1.807, 2.05) is 13.8 Å². The van der Waals surface area contributed by atoms with Crippen molar-refractivity contribution < 1.29 is 27.5 Å². The first-order valence-electron chi connectivity index (χ1n) is 5.76. The van der Waals surface area contributed by atoms with Crippen LogP contribution in [0.5, 0.6) is 0 Å². The number of carbonyl (C=O) groups is 2. The molecular formula is C13H13F3O3S. The molecule has 0 atom stereocenters. The van der Waals surface area contributed by atoms with Crippen molar-refractivity contribution >= 4 is 22.8 Å². The van der Waals surface area contributed by atoms with Crippen LogP contribution in [0.25, 0.3) is 0 Å². The third kappa shape index (κ3) is 5.64.